The molecule has 7 heteroatoms. The van der Waals surface area contributed by atoms with Crippen LogP contribution in [0.1, 0.15) is 20.3 Å². The first-order valence-electron chi connectivity index (χ1n) is 4.08. The van der Waals surface area contributed by atoms with Crippen molar-refractivity contribution in [2.24, 2.45) is 0 Å². The molecule has 0 saturated heterocycles. The zero-order valence-electron chi connectivity index (χ0n) is 9.19. The second-order valence-corrected chi connectivity index (χ2v) is 4.62. The second-order valence-electron chi connectivity index (χ2n) is 2.92. The predicted octanol–water partition coefficient (Wildman–Crippen LogP) is 0.391. The van der Waals surface area contributed by atoms with Crippen LogP contribution in [0.2, 0.25) is 0 Å². The second kappa shape index (κ2) is 7.40. The van der Waals surface area contributed by atoms with Crippen molar-refractivity contribution in [2.45, 2.75) is 25.5 Å². The van der Waals surface area contributed by atoms with Crippen LogP contribution in [0, 0.1) is 0 Å². The maximum atomic E-state index is 10.9. The maximum absolute atomic E-state index is 10.9. The summed E-state index contributed by atoms with van der Waals surface area (Å²) in [5.41, 5.74) is 0.190. The minimum Gasteiger partial charge on any atom is -0.461 e. The molecule has 0 rings (SSSR count). The number of hydrogen-bond acceptors (Lipinski definition) is 4. The van der Waals surface area contributed by atoms with Gasteiger partial charge in [-0.1, -0.05) is 13.5 Å². The van der Waals surface area contributed by atoms with Crippen molar-refractivity contribution in [2.75, 3.05) is 6.61 Å². The van der Waals surface area contributed by atoms with E-state index in [1.54, 1.807) is 6.92 Å². The zero-order chi connectivity index (χ0) is 11.4. The Morgan fingerprint density at radius 1 is 1.53 bits per heavy atom. The van der Waals surface area contributed by atoms with E-state index < -0.39 is 21.3 Å². The molecule has 0 bridgehead atoms. The van der Waals surface area contributed by atoms with Crippen molar-refractivity contribution < 1.29 is 22.5 Å². The van der Waals surface area contributed by atoms with E-state index in [1.807, 2.05) is 0 Å². The van der Waals surface area contributed by atoms with Gasteiger partial charge in [0.1, 0.15) is 11.9 Å². The Hall–Kier alpha value is 0.120. The number of hydrogen-bond donors (Lipinski definition) is 1. The molecule has 0 fully saturated rings. The SMILES string of the molecule is C=C(C)C(=O)OCC(CC)S(=O)(=O)O.[Na]. The largest absolute Gasteiger partial charge is 0.461 e. The Morgan fingerprint density at radius 3 is 2.27 bits per heavy atom. The molecule has 1 N–H and O–H groups in total. The molecule has 0 spiro atoms. The van der Waals surface area contributed by atoms with Gasteiger partial charge in [0.05, 0.1) is 0 Å². The third-order valence-electron chi connectivity index (χ3n) is 1.63. The molecule has 0 aliphatic rings. The molecule has 15 heavy (non-hydrogen) atoms. The van der Waals surface area contributed by atoms with Crippen molar-refractivity contribution in [3.63, 3.8) is 0 Å². The normalized spacial score (nSPS) is 12.5. The van der Waals surface area contributed by atoms with Gasteiger partial charge in [0.25, 0.3) is 10.1 Å². The first-order chi connectivity index (χ1) is 6.29. The van der Waals surface area contributed by atoms with Crippen molar-refractivity contribution >= 4 is 45.6 Å². The number of carbonyl (C=O) groups is 1. The minimum atomic E-state index is -4.14. The molecule has 5 nitrogen and oxygen atoms in total. The number of esters is 1. The smallest absolute Gasteiger partial charge is 0.333 e. The zero-order valence-corrected chi connectivity index (χ0v) is 12.0. The molecule has 0 aromatic rings. The number of rotatable bonds is 5. The van der Waals surface area contributed by atoms with Gasteiger partial charge in [-0.15, -0.1) is 0 Å². The van der Waals surface area contributed by atoms with Crippen LogP contribution in [0.25, 0.3) is 0 Å². The van der Waals surface area contributed by atoms with Gasteiger partial charge in [0.2, 0.25) is 0 Å². The summed E-state index contributed by atoms with van der Waals surface area (Å²) in [4.78, 5) is 10.9. The van der Waals surface area contributed by atoms with Crippen molar-refractivity contribution in [1.82, 2.24) is 0 Å². The molecule has 0 heterocycles. The molecule has 0 aliphatic carbocycles. The Morgan fingerprint density at radius 2 is 2.00 bits per heavy atom. The summed E-state index contributed by atoms with van der Waals surface area (Å²) in [6.45, 7) is 6.02. The van der Waals surface area contributed by atoms with Gasteiger partial charge in [-0.05, 0) is 13.3 Å². The van der Waals surface area contributed by atoms with Crippen molar-refractivity contribution in [3.05, 3.63) is 12.2 Å². The summed E-state index contributed by atoms with van der Waals surface area (Å²) in [7, 11) is -4.14. The van der Waals surface area contributed by atoms with E-state index >= 15 is 0 Å². The summed E-state index contributed by atoms with van der Waals surface area (Å²) in [5.74, 6) is -0.660. The molecule has 1 atom stereocenters. The van der Waals surface area contributed by atoms with E-state index in [2.05, 4.69) is 11.3 Å². The first-order valence-corrected chi connectivity index (χ1v) is 5.58. The van der Waals surface area contributed by atoms with Crippen LogP contribution >= 0.6 is 0 Å². The van der Waals surface area contributed by atoms with Gasteiger partial charge in [-0.2, -0.15) is 8.42 Å². The fourth-order valence-electron chi connectivity index (χ4n) is 0.706. The molecular formula is C8H14NaO5S. The van der Waals surface area contributed by atoms with E-state index in [4.69, 9.17) is 4.55 Å². The van der Waals surface area contributed by atoms with E-state index in [1.165, 1.54) is 6.92 Å². The van der Waals surface area contributed by atoms with E-state index in [0.717, 1.165) is 0 Å². The third kappa shape index (κ3) is 7.08. The van der Waals surface area contributed by atoms with Crippen LogP contribution < -0.4 is 0 Å². The molecule has 0 aromatic heterocycles. The predicted molar refractivity (Wildman–Crippen MR) is 57.2 cm³/mol. The first kappa shape index (κ1) is 17.5. The van der Waals surface area contributed by atoms with Crippen molar-refractivity contribution in [1.29, 1.82) is 0 Å². The molecule has 1 radical (unpaired) electrons. The van der Waals surface area contributed by atoms with E-state index in [0.29, 0.717) is 0 Å². The van der Waals surface area contributed by atoms with Crippen LogP contribution in [-0.4, -0.2) is 60.4 Å². The Kier molecular flexibility index (Phi) is 8.64. The minimum absolute atomic E-state index is 0. The molecular weight excluding hydrogens is 231 g/mol. The Labute approximate surface area is 112 Å². The summed E-state index contributed by atoms with van der Waals surface area (Å²) in [6, 6.07) is 0. The van der Waals surface area contributed by atoms with Gasteiger partial charge >= 0.3 is 5.97 Å². The molecule has 0 aromatic carbocycles. The van der Waals surface area contributed by atoms with Gasteiger partial charge in [0.15, 0.2) is 0 Å². The summed E-state index contributed by atoms with van der Waals surface area (Å²) in [6.07, 6.45) is 0.183. The van der Waals surface area contributed by atoms with E-state index in [-0.39, 0.29) is 48.2 Å². The van der Waals surface area contributed by atoms with Gasteiger partial charge in [-0.3, -0.25) is 4.55 Å². The molecule has 0 amide bonds. The van der Waals surface area contributed by atoms with Crippen LogP contribution in [0.3, 0.4) is 0 Å². The van der Waals surface area contributed by atoms with Gasteiger partial charge in [-0.25, -0.2) is 4.79 Å². The number of carbonyl (C=O) groups excluding carboxylic acids is 1. The Bertz CT molecular complexity index is 322. The summed E-state index contributed by atoms with van der Waals surface area (Å²) in [5, 5.41) is -1.06. The number of ether oxygens (including phenoxy) is 1. The topological polar surface area (TPSA) is 80.7 Å². The summed E-state index contributed by atoms with van der Waals surface area (Å²) < 4.78 is 34.7. The van der Waals surface area contributed by atoms with E-state index in [9.17, 15) is 13.2 Å². The third-order valence-corrected chi connectivity index (χ3v) is 2.94. The van der Waals surface area contributed by atoms with Crippen molar-refractivity contribution in [3.8, 4) is 0 Å². The molecule has 1 unspecified atom stereocenters. The maximum Gasteiger partial charge on any atom is 0.333 e. The molecule has 0 saturated carbocycles. The van der Waals surface area contributed by atoms with Crippen LogP contribution in [-0.2, 0) is 19.6 Å². The Balaban J connectivity index is 0. The standard InChI is InChI=1S/C8H14O5S.Na/c1-4-7(14(10,11)12)5-13-8(9)6(2)3;/h7H,2,4-5H2,1,3H3,(H,10,11,12);. The summed E-state index contributed by atoms with van der Waals surface area (Å²) >= 11 is 0. The average Bonchev–Trinajstić information content (AvgIpc) is 2.02. The fraction of sp³-hybridized carbons (Fsp3) is 0.625. The monoisotopic (exact) mass is 245 g/mol. The quantitative estimate of drug-likeness (QED) is 0.328. The van der Waals surface area contributed by atoms with Gasteiger partial charge in [0, 0.05) is 35.1 Å². The van der Waals surface area contributed by atoms with Crippen LogP contribution in [0.15, 0.2) is 12.2 Å². The fourth-order valence-corrected chi connectivity index (χ4v) is 1.37. The molecule has 0 aliphatic heterocycles. The van der Waals surface area contributed by atoms with Crippen LogP contribution in [0.4, 0.5) is 0 Å². The van der Waals surface area contributed by atoms with Gasteiger partial charge < -0.3 is 4.74 Å². The molecule has 83 valence electrons. The average molecular weight is 245 g/mol. The van der Waals surface area contributed by atoms with Crippen LogP contribution in [0.5, 0.6) is 0 Å².